The van der Waals surface area contributed by atoms with Gasteiger partial charge in [-0.25, -0.2) is 0 Å². The maximum Gasteiger partial charge on any atom is 0.282 e. The third kappa shape index (κ3) is 5.75. The van der Waals surface area contributed by atoms with E-state index in [9.17, 15) is 13.2 Å². The third-order valence-corrected chi connectivity index (χ3v) is 11.2. The maximum absolute atomic E-state index is 13.7. The van der Waals surface area contributed by atoms with Gasteiger partial charge in [-0.1, -0.05) is 5.16 Å². The fourth-order valence-electron chi connectivity index (χ4n) is 6.88. The van der Waals surface area contributed by atoms with Crippen molar-refractivity contribution in [2.24, 2.45) is 0 Å². The second-order valence-corrected chi connectivity index (χ2v) is 13.6. The summed E-state index contributed by atoms with van der Waals surface area (Å²) in [7, 11) is -3.49. The van der Waals surface area contributed by atoms with Gasteiger partial charge >= 0.3 is 0 Å². The molecule has 5 fully saturated rings. The Morgan fingerprint density at radius 1 is 0.973 bits per heavy atom. The summed E-state index contributed by atoms with van der Waals surface area (Å²) in [5.41, 5.74) is 0.330. The first-order chi connectivity index (χ1) is 18.0. The smallest absolute Gasteiger partial charge is 0.282 e. The summed E-state index contributed by atoms with van der Waals surface area (Å²) in [5, 5.41) is 10.7. The molecule has 206 valence electrons. The second kappa shape index (κ2) is 10.9. The lowest BCUT2D eigenvalue weighted by Gasteiger charge is -2.42. The highest BCUT2D eigenvalue weighted by Crippen LogP contribution is 2.41. The molecule has 0 aromatic carbocycles. The molecule has 0 unspecified atom stereocenters. The van der Waals surface area contributed by atoms with Crippen LogP contribution in [0.2, 0.25) is 0 Å². The van der Waals surface area contributed by atoms with Crippen molar-refractivity contribution in [3.8, 4) is 0 Å². The first kappa shape index (κ1) is 25.7. The van der Waals surface area contributed by atoms with Gasteiger partial charge in [-0.3, -0.25) is 4.79 Å². The molecule has 3 atom stereocenters. The van der Waals surface area contributed by atoms with Gasteiger partial charge in [-0.2, -0.15) is 17.0 Å². The maximum atomic E-state index is 13.7. The van der Waals surface area contributed by atoms with Crippen molar-refractivity contribution < 1.29 is 17.7 Å². The molecule has 10 nitrogen and oxygen atoms in total. The van der Waals surface area contributed by atoms with Gasteiger partial charge in [0.2, 0.25) is 0 Å². The molecule has 4 saturated heterocycles. The van der Waals surface area contributed by atoms with Crippen molar-refractivity contribution in [3.63, 3.8) is 0 Å². The standard InChI is InChI=1S/C26H42N6O4S/c33-26(24-18-25(36-29-24)19-4-5-19)28-21-16-22-6-7-23(17-21)32(22)37(34,35)31-14-8-20(9-15-31)27-10-3-13-30-11-1-2-12-30/h18-23,27H,1-17H2,(H,28,33)/t21-,22+,23-. The van der Waals surface area contributed by atoms with Gasteiger partial charge in [0.05, 0.1) is 0 Å². The van der Waals surface area contributed by atoms with Gasteiger partial charge in [0.15, 0.2) is 5.69 Å². The lowest BCUT2D eigenvalue weighted by atomic mass is 9.99. The number of amides is 1. The Labute approximate surface area is 220 Å². The SMILES string of the molecule is O=C(N[C@H]1C[C@H]2CC[C@@H](C1)N2S(=O)(=O)N1CCC(NCCCN2CCCC2)CC1)c1cc(C2CC2)on1. The summed E-state index contributed by atoms with van der Waals surface area (Å²) in [6.07, 6.45) is 10.8. The van der Waals surface area contributed by atoms with Crippen molar-refractivity contribution in [2.75, 3.05) is 39.3 Å². The van der Waals surface area contributed by atoms with E-state index in [2.05, 4.69) is 20.7 Å². The highest BCUT2D eigenvalue weighted by molar-refractivity contribution is 7.86. The molecule has 1 aromatic rings. The van der Waals surface area contributed by atoms with E-state index < -0.39 is 10.2 Å². The molecule has 1 aliphatic carbocycles. The van der Waals surface area contributed by atoms with Gasteiger partial charge in [0, 0.05) is 49.2 Å². The quantitative estimate of drug-likeness (QED) is 0.442. The van der Waals surface area contributed by atoms with E-state index in [1.807, 2.05) is 0 Å². The van der Waals surface area contributed by atoms with Crippen molar-refractivity contribution in [3.05, 3.63) is 17.5 Å². The number of hydrogen-bond donors (Lipinski definition) is 2. The number of likely N-dealkylation sites (tertiary alicyclic amines) is 1. The van der Waals surface area contributed by atoms with Crippen molar-refractivity contribution in [1.29, 1.82) is 0 Å². The predicted molar refractivity (Wildman–Crippen MR) is 139 cm³/mol. The summed E-state index contributed by atoms with van der Waals surface area (Å²) >= 11 is 0. The molecule has 0 spiro atoms. The lowest BCUT2D eigenvalue weighted by molar-refractivity contribution is 0.0897. The number of piperidine rings is 2. The number of hydrogen-bond acceptors (Lipinski definition) is 7. The van der Waals surface area contributed by atoms with E-state index in [1.54, 1.807) is 14.7 Å². The fraction of sp³-hybridized carbons (Fsp3) is 0.846. The van der Waals surface area contributed by atoms with Crippen LogP contribution < -0.4 is 10.6 Å². The summed E-state index contributed by atoms with van der Waals surface area (Å²) in [5.74, 6) is 0.998. The number of carbonyl (C=O) groups excluding carboxylic acids is 1. The van der Waals surface area contributed by atoms with Crippen molar-refractivity contribution in [1.82, 2.24) is 29.3 Å². The van der Waals surface area contributed by atoms with E-state index in [1.165, 1.54) is 32.5 Å². The molecule has 37 heavy (non-hydrogen) atoms. The number of carbonyl (C=O) groups is 1. The minimum atomic E-state index is -3.49. The fourth-order valence-corrected chi connectivity index (χ4v) is 8.96. The molecule has 4 aliphatic heterocycles. The number of fused-ring (bicyclic) bond motifs is 2. The first-order valence-corrected chi connectivity index (χ1v) is 15.9. The van der Waals surface area contributed by atoms with E-state index >= 15 is 0 Å². The van der Waals surface area contributed by atoms with Crippen molar-refractivity contribution in [2.45, 2.75) is 101 Å². The molecule has 2 bridgehead atoms. The Balaban J connectivity index is 0.969. The summed E-state index contributed by atoms with van der Waals surface area (Å²) < 4.78 is 36.1. The zero-order chi connectivity index (χ0) is 25.4. The number of nitrogens with zero attached hydrogens (tertiary/aromatic N) is 4. The van der Waals surface area contributed by atoms with Crippen LogP contribution in [0.15, 0.2) is 10.6 Å². The molecule has 0 radical (unpaired) electrons. The average Bonchev–Trinajstić information content (AvgIpc) is 3.26. The van der Waals surface area contributed by atoms with E-state index in [0.717, 1.165) is 57.3 Å². The van der Waals surface area contributed by atoms with Crippen LogP contribution in [-0.2, 0) is 10.2 Å². The predicted octanol–water partition coefficient (Wildman–Crippen LogP) is 2.06. The summed E-state index contributed by atoms with van der Waals surface area (Å²) in [6, 6.07) is 2.03. The minimum absolute atomic E-state index is 0.0342. The molecule has 6 rings (SSSR count). The molecule has 2 N–H and O–H groups in total. The van der Waals surface area contributed by atoms with Crippen LogP contribution in [0.4, 0.5) is 0 Å². The first-order valence-electron chi connectivity index (χ1n) is 14.5. The van der Waals surface area contributed by atoms with Gasteiger partial charge in [0.1, 0.15) is 5.76 Å². The molecule has 5 heterocycles. The van der Waals surface area contributed by atoms with Gasteiger partial charge in [-0.05, 0) is 96.8 Å². The molecule has 1 saturated carbocycles. The Morgan fingerprint density at radius 3 is 2.35 bits per heavy atom. The van der Waals surface area contributed by atoms with Crippen LogP contribution >= 0.6 is 0 Å². The van der Waals surface area contributed by atoms with Gasteiger partial charge < -0.3 is 20.1 Å². The number of nitrogens with one attached hydrogen (secondary N) is 2. The van der Waals surface area contributed by atoms with Crippen LogP contribution in [0.25, 0.3) is 0 Å². The lowest BCUT2D eigenvalue weighted by Crippen LogP contribution is -2.57. The topological polar surface area (TPSA) is 111 Å². The molecular formula is C26H42N6O4S. The normalized spacial score (nSPS) is 30.2. The largest absolute Gasteiger partial charge is 0.360 e. The minimum Gasteiger partial charge on any atom is -0.360 e. The van der Waals surface area contributed by atoms with E-state index in [-0.39, 0.29) is 24.0 Å². The van der Waals surface area contributed by atoms with Crippen LogP contribution in [0, 0.1) is 0 Å². The van der Waals surface area contributed by atoms with Crippen molar-refractivity contribution >= 4 is 16.1 Å². The van der Waals surface area contributed by atoms with E-state index in [4.69, 9.17) is 4.52 Å². The second-order valence-electron chi connectivity index (χ2n) is 11.8. The Morgan fingerprint density at radius 2 is 1.68 bits per heavy atom. The number of aromatic nitrogens is 1. The van der Waals surface area contributed by atoms with Crippen LogP contribution in [0.1, 0.15) is 92.8 Å². The molecule has 1 amide bonds. The zero-order valence-corrected chi connectivity index (χ0v) is 22.6. The average molecular weight is 535 g/mol. The van der Waals surface area contributed by atoms with Gasteiger partial charge in [-0.15, -0.1) is 0 Å². The summed E-state index contributed by atoms with van der Waals surface area (Å²) in [6.45, 7) is 5.82. The number of rotatable bonds is 10. The van der Waals surface area contributed by atoms with Gasteiger partial charge in [0.25, 0.3) is 16.1 Å². The highest BCUT2D eigenvalue weighted by Gasteiger charge is 2.49. The Kier molecular flexibility index (Phi) is 7.59. The molecular weight excluding hydrogens is 492 g/mol. The van der Waals surface area contributed by atoms with Crippen LogP contribution in [0.5, 0.6) is 0 Å². The molecule has 1 aromatic heterocycles. The third-order valence-electron chi connectivity index (χ3n) is 9.07. The Hall–Kier alpha value is -1.53. The monoisotopic (exact) mass is 534 g/mol. The summed E-state index contributed by atoms with van der Waals surface area (Å²) in [4.78, 5) is 15.3. The molecule has 5 aliphatic rings. The van der Waals surface area contributed by atoms with Crippen LogP contribution in [-0.4, -0.2) is 96.4 Å². The highest BCUT2D eigenvalue weighted by atomic mass is 32.2. The molecule has 11 heteroatoms. The Bertz CT molecular complexity index is 1030. The zero-order valence-electron chi connectivity index (χ0n) is 21.8. The van der Waals surface area contributed by atoms with E-state index in [0.29, 0.717) is 43.6 Å². The van der Waals surface area contributed by atoms with Crippen LogP contribution in [0.3, 0.4) is 0 Å².